The highest BCUT2D eigenvalue weighted by Gasteiger charge is 2.27. The standard InChI is InChI=1S/C26H30ClN3O2/c27-24-12-7-13-28-25(24)20-32-19-23(31)18-29-14-16-30(17-15-29)26(21-8-3-1-4-9-21)22-10-5-2-6-11-22/h1-13,23,26,31H,14-20H2. The maximum atomic E-state index is 10.4. The third-order valence-corrected chi connectivity index (χ3v) is 6.20. The SMILES string of the molecule is OC(COCc1ncccc1Cl)CN1CCN(C(c2ccccc2)c2ccccc2)CC1. The Bertz CT molecular complexity index is 910. The minimum absolute atomic E-state index is 0.246. The summed E-state index contributed by atoms with van der Waals surface area (Å²) in [6.07, 6.45) is 1.15. The van der Waals surface area contributed by atoms with E-state index in [2.05, 4.69) is 75.4 Å². The summed E-state index contributed by atoms with van der Waals surface area (Å²) in [6.45, 7) is 4.91. The van der Waals surface area contributed by atoms with Crippen LogP contribution in [0, 0.1) is 0 Å². The Morgan fingerprint density at radius 1 is 0.875 bits per heavy atom. The number of piperazine rings is 1. The van der Waals surface area contributed by atoms with Gasteiger partial charge in [-0.15, -0.1) is 0 Å². The summed E-state index contributed by atoms with van der Waals surface area (Å²) in [5, 5.41) is 11.0. The normalized spacial score (nSPS) is 16.3. The van der Waals surface area contributed by atoms with Crippen molar-refractivity contribution in [1.29, 1.82) is 0 Å². The van der Waals surface area contributed by atoms with E-state index in [9.17, 15) is 5.11 Å². The van der Waals surface area contributed by atoms with Crippen molar-refractivity contribution in [2.45, 2.75) is 18.8 Å². The van der Waals surface area contributed by atoms with Crippen molar-refractivity contribution in [3.05, 3.63) is 101 Å². The molecule has 0 aliphatic carbocycles. The van der Waals surface area contributed by atoms with E-state index in [4.69, 9.17) is 16.3 Å². The van der Waals surface area contributed by atoms with Gasteiger partial charge in [0.15, 0.2) is 0 Å². The number of pyridine rings is 1. The van der Waals surface area contributed by atoms with Gasteiger partial charge >= 0.3 is 0 Å². The summed E-state index contributed by atoms with van der Waals surface area (Å²) >= 11 is 6.10. The van der Waals surface area contributed by atoms with E-state index in [1.54, 1.807) is 18.3 Å². The van der Waals surface area contributed by atoms with Gasteiger partial charge < -0.3 is 9.84 Å². The van der Waals surface area contributed by atoms with E-state index >= 15 is 0 Å². The molecule has 1 unspecified atom stereocenters. The molecule has 1 N–H and O–H groups in total. The van der Waals surface area contributed by atoms with Crippen LogP contribution in [0.15, 0.2) is 79.0 Å². The molecule has 0 bridgehead atoms. The van der Waals surface area contributed by atoms with Crippen LogP contribution in [0.25, 0.3) is 0 Å². The van der Waals surface area contributed by atoms with Crippen molar-refractivity contribution < 1.29 is 9.84 Å². The van der Waals surface area contributed by atoms with Gasteiger partial charge in [0.05, 0.1) is 36.1 Å². The third-order valence-electron chi connectivity index (χ3n) is 5.86. The molecular weight excluding hydrogens is 422 g/mol. The van der Waals surface area contributed by atoms with Crippen LogP contribution < -0.4 is 0 Å². The molecule has 0 saturated carbocycles. The molecule has 1 fully saturated rings. The van der Waals surface area contributed by atoms with E-state index in [-0.39, 0.29) is 12.6 Å². The van der Waals surface area contributed by atoms with Crippen molar-refractivity contribution in [1.82, 2.24) is 14.8 Å². The first-order valence-electron chi connectivity index (χ1n) is 11.1. The number of hydrogen-bond donors (Lipinski definition) is 1. The van der Waals surface area contributed by atoms with E-state index in [1.165, 1.54) is 11.1 Å². The molecule has 1 aliphatic heterocycles. The van der Waals surface area contributed by atoms with E-state index in [0.717, 1.165) is 26.2 Å². The van der Waals surface area contributed by atoms with E-state index in [1.807, 2.05) is 0 Å². The summed E-state index contributed by atoms with van der Waals surface area (Å²) in [4.78, 5) is 9.06. The zero-order valence-corrected chi connectivity index (χ0v) is 18.9. The number of hydrogen-bond acceptors (Lipinski definition) is 5. The zero-order valence-electron chi connectivity index (χ0n) is 18.2. The van der Waals surface area contributed by atoms with Crippen LogP contribution >= 0.6 is 11.6 Å². The van der Waals surface area contributed by atoms with Crippen molar-refractivity contribution in [2.75, 3.05) is 39.3 Å². The number of aromatic nitrogens is 1. The minimum atomic E-state index is -0.539. The van der Waals surface area contributed by atoms with E-state index < -0.39 is 6.10 Å². The first kappa shape index (κ1) is 22.9. The Hall–Kier alpha value is -2.28. The van der Waals surface area contributed by atoms with Gasteiger partial charge in [0.2, 0.25) is 0 Å². The predicted molar refractivity (Wildman–Crippen MR) is 128 cm³/mol. The van der Waals surface area contributed by atoms with Gasteiger partial charge in [-0.05, 0) is 23.3 Å². The van der Waals surface area contributed by atoms with Crippen LogP contribution in [0.3, 0.4) is 0 Å². The first-order chi connectivity index (χ1) is 15.7. The number of aliphatic hydroxyl groups excluding tert-OH is 1. The molecule has 1 aromatic heterocycles. The molecule has 2 aromatic carbocycles. The Kier molecular flexibility index (Phi) is 8.26. The number of ether oxygens (including phenoxy) is 1. The van der Waals surface area contributed by atoms with Gasteiger partial charge in [-0.3, -0.25) is 14.8 Å². The van der Waals surface area contributed by atoms with Crippen LogP contribution in [-0.4, -0.2) is 65.3 Å². The van der Waals surface area contributed by atoms with Crippen LogP contribution in [0.4, 0.5) is 0 Å². The molecule has 32 heavy (non-hydrogen) atoms. The van der Waals surface area contributed by atoms with Crippen LogP contribution in [-0.2, 0) is 11.3 Å². The molecule has 0 spiro atoms. The number of nitrogens with zero attached hydrogens (tertiary/aromatic N) is 3. The van der Waals surface area contributed by atoms with Gasteiger partial charge in [0, 0.05) is 38.9 Å². The predicted octanol–water partition coefficient (Wildman–Crippen LogP) is 4.02. The van der Waals surface area contributed by atoms with E-state index in [0.29, 0.717) is 23.9 Å². The molecule has 3 aromatic rings. The second kappa shape index (κ2) is 11.5. The highest BCUT2D eigenvalue weighted by Crippen LogP contribution is 2.29. The molecule has 0 radical (unpaired) electrons. The van der Waals surface area contributed by atoms with Crippen molar-refractivity contribution in [3.63, 3.8) is 0 Å². The summed E-state index contributed by atoms with van der Waals surface area (Å²) in [5.41, 5.74) is 3.32. The number of benzene rings is 2. The lowest BCUT2D eigenvalue weighted by molar-refractivity contribution is -0.00143. The summed E-state index contributed by atoms with van der Waals surface area (Å²) < 4.78 is 5.64. The van der Waals surface area contributed by atoms with Gasteiger partial charge in [-0.1, -0.05) is 72.3 Å². The first-order valence-corrected chi connectivity index (χ1v) is 11.5. The fraction of sp³-hybridized carbons (Fsp3) is 0.346. The topological polar surface area (TPSA) is 48.8 Å². The second-order valence-corrected chi connectivity index (χ2v) is 8.57. The van der Waals surface area contributed by atoms with Crippen molar-refractivity contribution in [2.24, 2.45) is 0 Å². The lowest BCUT2D eigenvalue weighted by Gasteiger charge is -2.40. The molecule has 1 aliphatic rings. The maximum absolute atomic E-state index is 10.4. The number of β-amino-alcohol motifs (C(OH)–C–C–N with tert-alkyl or cyclic N) is 1. The minimum Gasteiger partial charge on any atom is -0.389 e. The molecule has 1 saturated heterocycles. The zero-order chi connectivity index (χ0) is 22.2. The van der Waals surface area contributed by atoms with Crippen LogP contribution in [0.1, 0.15) is 22.9 Å². The Balaban J connectivity index is 1.28. The van der Waals surface area contributed by atoms with Gasteiger partial charge in [-0.25, -0.2) is 0 Å². The summed E-state index contributed by atoms with van der Waals surface area (Å²) in [6, 6.07) is 25.2. The molecule has 2 heterocycles. The molecule has 1 atom stereocenters. The monoisotopic (exact) mass is 451 g/mol. The largest absolute Gasteiger partial charge is 0.389 e. The second-order valence-electron chi connectivity index (χ2n) is 8.16. The van der Waals surface area contributed by atoms with Crippen LogP contribution in [0.5, 0.6) is 0 Å². The molecule has 0 amide bonds. The van der Waals surface area contributed by atoms with Crippen LogP contribution in [0.2, 0.25) is 5.02 Å². The smallest absolute Gasteiger partial charge is 0.0904 e. The highest BCUT2D eigenvalue weighted by atomic mass is 35.5. The van der Waals surface area contributed by atoms with Gasteiger partial charge in [0.1, 0.15) is 0 Å². The molecule has 168 valence electrons. The average Bonchev–Trinajstić information content (AvgIpc) is 2.83. The Labute approximate surface area is 195 Å². The number of halogens is 1. The Morgan fingerprint density at radius 2 is 1.50 bits per heavy atom. The molecule has 6 heteroatoms. The molecular formula is C26H30ClN3O2. The lowest BCUT2D eigenvalue weighted by atomic mass is 9.96. The molecule has 5 nitrogen and oxygen atoms in total. The average molecular weight is 452 g/mol. The molecule has 4 rings (SSSR count). The fourth-order valence-electron chi connectivity index (χ4n) is 4.26. The van der Waals surface area contributed by atoms with Crippen molar-refractivity contribution >= 4 is 11.6 Å². The van der Waals surface area contributed by atoms with Gasteiger partial charge in [-0.2, -0.15) is 0 Å². The highest BCUT2D eigenvalue weighted by molar-refractivity contribution is 6.31. The Morgan fingerprint density at radius 3 is 2.09 bits per heavy atom. The van der Waals surface area contributed by atoms with Crippen molar-refractivity contribution in [3.8, 4) is 0 Å². The number of rotatable bonds is 9. The third kappa shape index (κ3) is 6.15. The van der Waals surface area contributed by atoms with Gasteiger partial charge in [0.25, 0.3) is 0 Å². The summed E-state index contributed by atoms with van der Waals surface area (Å²) in [5.74, 6) is 0. The maximum Gasteiger partial charge on any atom is 0.0904 e. The fourth-order valence-corrected chi connectivity index (χ4v) is 4.43. The lowest BCUT2D eigenvalue weighted by Crippen LogP contribution is -2.50. The summed E-state index contributed by atoms with van der Waals surface area (Å²) in [7, 11) is 0. The number of aliphatic hydroxyl groups is 1. The quantitative estimate of drug-likeness (QED) is 0.532.